The summed E-state index contributed by atoms with van der Waals surface area (Å²) in [5.74, 6) is 0.135. The molecular weight excluding hydrogens is 334 g/mol. The summed E-state index contributed by atoms with van der Waals surface area (Å²) in [4.78, 5) is 21.5. The molecule has 1 saturated carbocycles. The fraction of sp³-hybridized carbons (Fsp3) is 0.609. The van der Waals surface area contributed by atoms with Crippen molar-refractivity contribution in [3.63, 3.8) is 0 Å². The molecule has 3 rings (SSSR count). The molecule has 3 aliphatic rings. The molecule has 0 bridgehead atoms. The lowest BCUT2D eigenvalue weighted by Crippen LogP contribution is -2.26. The van der Waals surface area contributed by atoms with Crippen LogP contribution in [-0.4, -0.2) is 23.9 Å². The lowest BCUT2D eigenvalue weighted by Gasteiger charge is -2.23. The lowest BCUT2D eigenvalue weighted by molar-refractivity contribution is -0.122. The van der Waals surface area contributed by atoms with Crippen LogP contribution < -0.4 is 5.73 Å². The maximum atomic E-state index is 11.8. The van der Waals surface area contributed by atoms with Gasteiger partial charge in [0.2, 0.25) is 5.91 Å². The lowest BCUT2D eigenvalue weighted by atomic mass is 9.86. The molecule has 2 heterocycles. The van der Waals surface area contributed by atoms with Crippen molar-refractivity contribution in [2.24, 2.45) is 27.6 Å². The van der Waals surface area contributed by atoms with E-state index in [4.69, 9.17) is 15.7 Å². The van der Waals surface area contributed by atoms with Crippen LogP contribution in [0.1, 0.15) is 71.6 Å². The van der Waals surface area contributed by atoms with Crippen LogP contribution in [0.2, 0.25) is 0 Å². The van der Waals surface area contributed by atoms with Gasteiger partial charge >= 0.3 is 0 Å². The monoisotopic (exact) mass is 367 g/mol. The first-order valence-corrected chi connectivity index (χ1v) is 10.6. The summed E-state index contributed by atoms with van der Waals surface area (Å²) in [6, 6.07) is 0. The molecule has 2 atom stereocenters. The number of primary amides is 1. The van der Waals surface area contributed by atoms with Crippen LogP contribution in [0.3, 0.4) is 0 Å². The van der Waals surface area contributed by atoms with E-state index in [9.17, 15) is 4.79 Å². The molecular formula is C23H33N3O. The van der Waals surface area contributed by atoms with Gasteiger partial charge in [-0.15, -0.1) is 0 Å². The molecule has 0 aromatic carbocycles. The van der Waals surface area contributed by atoms with Crippen molar-refractivity contribution in [2.75, 3.05) is 6.54 Å². The van der Waals surface area contributed by atoms with Gasteiger partial charge in [-0.2, -0.15) is 0 Å². The molecule has 1 amide bonds. The number of nitrogens with two attached hydrogens (primary N) is 1. The summed E-state index contributed by atoms with van der Waals surface area (Å²) in [6.07, 6.45) is 16.2. The van der Waals surface area contributed by atoms with Crippen molar-refractivity contribution in [1.29, 1.82) is 0 Å². The number of amides is 1. The summed E-state index contributed by atoms with van der Waals surface area (Å²) >= 11 is 0. The zero-order valence-corrected chi connectivity index (χ0v) is 16.8. The molecule has 0 aromatic rings. The van der Waals surface area contributed by atoms with Crippen LogP contribution in [-0.2, 0) is 4.79 Å². The Labute approximate surface area is 163 Å². The quantitative estimate of drug-likeness (QED) is 0.689. The first-order valence-electron chi connectivity index (χ1n) is 10.6. The molecule has 0 aromatic heterocycles. The predicted molar refractivity (Wildman–Crippen MR) is 113 cm³/mol. The van der Waals surface area contributed by atoms with E-state index in [2.05, 4.69) is 32.1 Å². The minimum Gasteiger partial charge on any atom is -0.369 e. The zero-order valence-electron chi connectivity index (χ0n) is 16.8. The predicted octanol–water partition coefficient (Wildman–Crippen LogP) is 4.91. The number of nitrogens with zero attached hydrogens (tertiary/aromatic N) is 2. The van der Waals surface area contributed by atoms with Crippen molar-refractivity contribution < 1.29 is 4.79 Å². The van der Waals surface area contributed by atoms with Gasteiger partial charge in [-0.3, -0.25) is 14.8 Å². The van der Waals surface area contributed by atoms with E-state index in [-0.39, 0.29) is 11.8 Å². The molecule has 0 spiro atoms. The first-order chi connectivity index (χ1) is 13.1. The van der Waals surface area contributed by atoms with E-state index in [0.717, 1.165) is 62.9 Å². The fourth-order valence-electron chi connectivity index (χ4n) is 4.28. The van der Waals surface area contributed by atoms with Crippen LogP contribution in [0.5, 0.6) is 0 Å². The molecule has 146 valence electrons. The van der Waals surface area contributed by atoms with Gasteiger partial charge in [-0.1, -0.05) is 32.3 Å². The summed E-state index contributed by atoms with van der Waals surface area (Å²) in [7, 11) is 0. The Morgan fingerprint density at radius 1 is 1.22 bits per heavy atom. The average Bonchev–Trinajstić information content (AvgIpc) is 2.90. The minimum atomic E-state index is -0.156. The summed E-state index contributed by atoms with van der Waals surface area (Å²) < 4.78 is 0. The molecule has 4 heteroatoms. The summed E-state index contributed by atoms with van der Waals surface area (Å²) in [6.45, 7) is 5.05. The van der Waals surface area contributed by atoms with Crippen LogP contribution in [0.15, 0.2) is 45.1 Å². The third-order valence-corrected chi connectivity index (χ3v) is 5.98. The standard InChI is InChI=1S/C23H33N3O/c1-3-4-9-21-13-17-11-10-16(2)26-22(14-20(17)15-25-21)18-7-5-6-8-19(12-18)23(24)27/h10,13-14,18-19H,3-9,11-12,15H2,1-2H3,(H2,24,27)/b16-10-,20-14-,26-22-. The third kappa shape index (κ3) is 5.27. The number of unbranched alkanes of at least 4 members (excludes halogenated alkanes) is 1. The second-order valence-corrected chi connectivity index (χ2v) is 8.15. The largest absolute Gasteiger partial charge is 0.369 e. The van der Waals surface area contributed by atoms with Gasteiger partial charge in [0.1, 0.15) is 0 Å². The Hall–Kier alpha value is -1.97. The Bertz CT molecular complexity index is 724. The third-order valence-electron chi connectivity index (χ3n) is 5.98. The first kappa shape index (κ1) is 19.8. The van der Waals surface area contributed by atoms with Crippen LogP contribution in [0.4, 0.5) is 0 Å². The molecule has 2 unspecified atom stereocenters. The molecule has 2 aliphatic heterocycles. The number of fused-ring (bicyclic) bond motifs is 1. The summed E-state index contributed by atoms with van der Waals surface area (Å²) in [5, 5.41) is 0. The van der Waals surface area contributed by atoms with Gasteiger partial charge in [0.25, 0.3) is 0 Å². The van der Waals surface area contributed by atoms with E-state index >= 15 is 0 Å². The number of carbonyl (C=O) groups is 1. The Morgan fingerprint density at radius 2 is 2.04 bits per heavy atom. The highest BCUT2D eigenvalue weighted by Crippen LogP contribution is 2.32. The van der Waals surface area contributed by atoms with Crippen molar-refractivity contribution >= 4 is 17.3 Å². The van der Waals surface area contributed by atoms with Gasteiger partial charge < -0.3 is 5.73 Å². The van der Waals surface area contributed by atoms with Crippen LogP contribution in [0.25, 0.3) is 0 Å². The van der Waals surface area contributed by atoms with E-state index in [0.29, 0.717) is 5.92 Å². The highest BCUT2D eigenvalue weighted by atomic mass is 16.1. The van der Waals surface area contributed by atoms with Gasteiger partial charge in [-0.25, -0.2) is 0 Å². The number of allylic oxidation sites excluding steroid dienone is 4. The number of aliphatic imine (C=N–C) groups is 2. The number of hydrogen-bond acceptors (Lipinski definition) is 3. The number of carbonyl (C=O) groups excluding carboxylic acids is 1. The molecule has 4 nitrogen and oxygen atoms in total. The highest BCUT2D eigenvalue weighted by Gasteiger charge is 2.27. The maximum Gasteiger partial charge on any atom is 0.220 e. The van der Waals surface area contributed by atoms with E-state index < -0.39 is 0 Å². The molecule has 1 fully saturated rings. The van der Waals surface area contributed by atoms with E-state index in [1.807, 2.05) is 0 Å². The van der Waals surface area contributed by atoms with Crippen molar-refractivity contribution in [2.45, 2.75) is 71.6 Å². The molecule has 27 heavy (non-hydrogen) atoms. The number of rotatable bonds is 5. The second kappa shape index (κ2) is 9.29. The minimum absolute atomic E-state index is 0.0200. The summed E-state index contributed by atoms with van der Waals surface area (Å²) in [5.41, 5.74) is 11.7. The Kier molecular flexibility index (Phi) is 6.81. The van der Waals surface area contributed by atoms with Crippen molar-refractivity contribution in [3.05, 3.63) is 35.1 Å². The smallest absolute Gasteiger partial charge is 0.220 e. The molecule has 0 radical (unpaired) electrons. The second-order valence-electron chi connectivity index (χ2n) is 8.15. The Morgan fingerprint density at radius 3 is 2.81 bits per heavy atom. The average molecular weight is 368 g/mol. The van der Waals surface area contributed by atoms with Crippen molar-refractivity contribution in [1.82, 2.24) is 0 Å². The molecule has 1 aliphatic carbocycles. The van der Waals surface area contributed by atoms with E-state index in [1.54, 1.807) is 0 Å². The van der Waals surface area contributed by atoms with Crippen LogP contribution in [0, 0.1) is 11.8 Å². The Balaban J connectivity index is 1.86. The van der Waals surface area contributed by atoms with Gasteiger partial charge in [0.05, 0.1) is 6.54 Å². The van der Waals surface area contributed by atoms with Crippen LogP contribution >= 0.6 is 0 Å². The number of hydrogen-bond donors (Lipinski definition) is 1. The normalized spacial score (nSPS) is 32.0. The fourth-order valence-corrected chi connectivity index (χ4v) is 4.28. The zero-order chi connectivity index (χ0) is 19.2. The SMILES string of the molecule is CCCCC1=NC/C2=C/C(C3CCCCC(C(N)=O)C3)=N/C(C)=C\CC2=C1. The number of dihydropyridines is 1. The highest BCUT2D eigenvalue weighted by molar-refractivity contribution is 6.01. The maximum absolute atomic E-state index is 11.8. The topological polar surface area (TPSA) is 67.8 Å². The van der Waals surface area contributed by atoms with Gasteiger partial charge in [0.15, 0.2) is 0 Å². The van der Waals surface area contributed by atoms with Crippen molar-refractivity contribution in [3.8, 4) is 0 Å². The van der Waals surface area contributed by atoms with E-state index in [1.165, 1.54) is 29.7 Å². The van der Waals surface area contributed by atoms with Gasteiger partial charge in [-0.05, 0) is 68.7 Å². The van der Waals surface area contributed by atoms with Gasteiger partial charge in [0, 0.05) is 29.0 Å². The molecule has 0 saturated heterocycles. The molecule has 2 N–H and O–H groups in total.